The lowest BCUT2D eigenvalue weighted by Crippen LogP contribution is -2.39. The largest absolute Gasteiger partial charge is 0.465 e. The van der Waals surface area contributed by atoms with Gasteiger partial charge in [0.2, 0.25) is 10.0 Å². The fourth-order valence-electron chi connectivity index (χ4n) is 4.60. The molecule has 2 aliphatic rings. The second-order valence-corrected chi connectivity index (χ2v) is 12.0. The average Bonchev–Trinajstić information content (AvgIpc) is 3.20. The Morgan fingerprint density at radius 3 is 2.59 bits per heavy atom. The Bertz CT molecular complexity index is 1170. The van der Waals surface area contributed by atoms with E-state index in [0.29, 0.717) is 35.1 Å². The molecule has 184 valence electrons. The highest BCUT2D eigenvalue weighted by Crippen LogP contribution is 2.38. The van der Waals surface area contributed by atoms with Gasteiger partial charge in [-0.15, -0.1) is 11.3 Å². The molecule has 1 fully saturated rings. The van der Waals surface area contributed by atoms with Crippen molar-refractivity contribution in [2.45, 2.75) is 44.6 Å². The van der Waals surface area contributed by atoms with Gasteiger partial charge in [0.15, 0.2) is 0 Å². The molecule has 1 amide bonds. The van der Waals surface area contributed by atoms with Crippen LogP contribution in [0.1, 0.15) is 57.8 Å². The number of hydrogen-bond acceptors (Lipinski definition) is 7. The molecule has 8 nitrogen and oxygen atoms in total. The summed E-state index contributed by atoms with van der Waals surface area (Å²) >= 11 is 1.40. The van der Waals surface area contributed by atoms with Gasteiger partial charge in [-0.25, -0.2) is 13.2 Å². The Labute approximate surface area is 204 Å². The van der Waals surface area contributed by atoms with Crippen molar-refractivity contribution < 1.29 is 22.7 Å². The lowest BCUT2D eigenvalue weighted by molar-refractivity contribution is 0.0600. The standard InChI is InChI=1S/C24H31N3O5S2/c1-4-26-13-11-19-20(15-26)33-23(21(19)24(29)32-3)25-22(28)17-7-9-18(10-8-17)34(30,31)27-12-5-6-16(2)14-27/h7-10,16H,4-6,11-15H2,1-3H3,(H,25,28)/t16-/m0/s1. The van der Waals surface area contributed by atoms with Gasteiger partial charge in [-0.3, -0.25) is 9.69 Å². The number of likely N-dealkylation sites (N-methyl/N-ethyl adjacent to an activating group) is 1. The molecule has 0 unspecified atom stereocenters. The molecule has 1 aromatic heterocycles. The van der Waals surface area contributed by atoms with Crippen molar-refractivity contribution in [3.8, 4) is 0 Å². The van der Waals surface area contributed by atoms with E-state index in [9.17, 15) is 18.0 Å². The van der Waals surface area contributed by atoms with E-state index in [1.807, 2.05) is 0 Å². The number of carbonyl (C=O) groups excluding carboxylic acids is 2. The molecule has 0 aliphatic carbocycles. The molecule has 34 heavy (non-hydrogen) atoms. The van der Waals surface area contributed by atoms with E-state index in [1.165, 1.54) is 47.0 Å². The quantitative estimate of drug-likeness (QED) is 0.603. The molecule has 0 saturated carbocycles. The van der Waals surface area contributed by atoms with Crippen LogP contribution in [0.2, 0.25) is 0 Å². The first kappa shape index (κ1) is 24.8. The summed E-state index contributed by atoms with van der Waals surface area (Å²) in [4.78, 5) is 29.0. The summed E-state index contributed by atoms with van der Waals surface area (Å²) < 4.78 is 32.5. The summed E-state index contributed by atoms with van der Waals surface area (Å²) in [6, 6.07) is 5.98. The van der Waals surface area contributed by atoms with Crippen LogP contribution < -0.4 is 5.32 Å². The number of ether oxygens (including phenoxy) is 1. The predicted molar refractivity (Wildman–Crippen MR) is 132 cm³/mol. The number of anilines is 1. The number of amides is 1. The van der Waals surface area contributed by atoms with E-state index in [4.69, 9.17) is 4.74 Å². The van der Waals surface area contributed by atoms with Crippen LogP contribution in [0.15, 0.2) is 29.2 Å². The number of methoxy groups -OCH3 is 1. The van der Waals surface area contributed by atoms with Gasteiger partial charge in [0.05, 0.1) is 17.6 Å². The number of carbonyl (C=O) groups is 2. The van der Waals surface area contributed by atoms with Crippen LogP contribution in [0, 0.1) is 5.92 Å². The van der Waals surface area contributed by atoms with Gasteiger partial charge in [-0.1, -0.05) is 13.8 Å². The maximum absolute atomic E-state index is 13.0. The number of benzene rings is 1. The summed E-state index contributed by atoms with van der Waals surface area (Å²) in [5, 5.41) is 3.33. The van der Waals surface area contributed by atoms with Crippen LogP contribution in [-0.4, -0.2) is 62.8 Å². The fraction of sp³-hybridized carbons (Fsp3) is 0.500. The number of piperidine rings is 1. The Morgan fingerprint density at radius 1 is 1.21 bits per heavy atom. The molecule has 10 heteroatoms. The third-order valence-corrected chi connectivity index (χ3v) is 9.59. The Hall–Kier alpha value is -2.27. The zero-order valence-electron chi connectivity index (χ0n) is 19.8. The fourth-order valence-corrected chi connectivity index (χ4v) is 7.47. The van der Waals surface area contributed by atoms with E-state index < -0.39 is 21.9 Å². The van der Waals surface area contributed by atoms with E-state index in [1.54, 1.807) is 0 Å². The molecular weight excluding hydrogens is 474 g/mol. The molecule has 1 N–H and O–H groups in total. The Morgan fingerprint density at radius 2 is 1.94 bits per heavy atom. The normalized spacial score (nSPS) is 19.4. The van der Waals surface area contributed by atoms with Crippen molar-refractivity contribution in [3.05, 3.63) is 45.8 Å². The Kier molecular flexibility index (Phi) is 7.42. The van der Waals surface area contributed by atoms with Gasteiger partial charge in [0.1, 0.15) is 5.00 Å². The van der Waals surface area contributed by atoms with Crippen molar-refractivity contribution in [2.75, 3.05) is 38.6 Å². The Balaban J connectivity index is 1.54. The number of hydrogen-bond donors (Lipinski definition) is 1. The monoisotopic (exact) mass is 505 g/mol. The molecule has 1 aromatic carbocycles. The van der Waals surface area contributed by atoms with Crippen LogP contribution in [-0.2, 0) is 27.7 Å². The minimum Gasteiger partial charge on any atom is -0.465 e. The molecule has 4 rings (SSSR count). The predicted octanol–water partition coefficient (Wildman–Crippen LogP) is 3.59. The van der Waals surface area contributed by atoms with Gasteiger partial charge in [-0.05, 0) is 61.6 Å². The molecule has 0 spiro atoms. The van der Waals surface area contributed by atoms with Gasteiger partial charge in [0.25, 0.3) is 5.91 Å². The number of nitrogens with zero attached hydrogens (tertiary/aromatic N) is 2. The molecule has 0 radical (unpaired) electrons. The maximum Gasteiger partial charge on any atom is 0.341 e. The van der Waals surface area contributed by atoms with Crippen molar-refractivity contribution in [1.29, 1.82) is 0 Å². The second-order valence-electron chi connectivity index (χ2n) is 8.91. The number of rotatable bonds is 6. The maximum atomic E-state index is 13.0. The molecule has 1 saturated heterocycles. The zero-order valence-corrected chi connectivity index (χ0v) is 21.4. The molecule has 2 aromatic rings. The van der Waals surface area contributed by atoms with Crippen LogP contribution in [0.4, 0.5) is 5.00 Å². The highest BCUT2D eigenvalue weighted by molar-refractivity contribution is 7.89. The van der Waals surface area contributed by atoms with Crippen LogP contribution in [0.25, 0.3) is 0 Å². The third kappa shape index (κ3) is 4.91. The average molecular weight is 506 g/mol. The lowest BCUT2D eigenvalue weighted by atomic mass is 10.0. The molecular formula is C24H31N3O5S2. The smallest absolute Gasteiger partial charge is 0.341 e. The number of fused-ring (bicyclic) bond motifs is 1. The number of thiophene rings is 1. The molecule has 3 heterocycles. The first-order chi connectivity index (χ1) is 16.2. The van der Waals surface area contributed by atoms with Gasteiger partial charge in [-0.2, -0.15) is 4.31 Å². The minimum absolute atomic E-state index is 0.180. The highest BCUT2D eigenvalue weighted by Gasteiger charge is 2.30. The van der Waals surface area contributed by atoms with Gasteiger partial charge in [0, 0.05) is 36.6 Å². The van der Waals surface area contributed by atoms with E-state index in [2.05, 4.69) is 24.1 Å². The molecule has 0 bridgehead atoms. The van der Waals surface area contributed by atoms with E-state index in [0.717, 1.165) is 49.3 Å². The van der Waals surface area contributed by atoms with Crippen molar-refractivity contribution in [3.63, 3.8) is 0 Å². The first-order valence-corrected chi connectivity index (χ1v) is 13.9. The number of sulfonamides is 1. The number of esters is 1. The number of nitrogens with one attached hydrogen (secondary N) is 1. The van der Waals surface area contributed by atoms with Crippen LogP contribution in [0.5, 0.6) is 0 Å². The summed E-state index contributed by atoms with van der Waals surface area (Å²) in [5.74, 6) is -0.528. The van der Waals surface area contributed by atoms with Crippen LogP contribution >= 0.6 is 11.3 Å². The van der Waals surface area contributed by atoms with Crippen molar-refractivity contribution in [1.82, 2.24) is 9.21 Å². The summed E-state index contributed by atoms with van der Waals surface area (Å²) in [6.07, 6.45) is 2.60. The van der Waals surface area contributed by atoms with Gasteiger partial charge >= 0.3 is 5.97 Å². The summed E-state index contributed by atoms with van der Waals surface area (Å²) in [5.41, 5.74) is 1.68. The van der Waals surface area contributed by atoms with E-state index in [-0.39, 0.29) is 4.90 Å². The summed E-state index contributed by atoms with van der Waals surface area (Å²) in [7, 11) is -2.25. The third-order valence-electron chi connectivity index (χ3n) is 6.57. The topological polar surface area (TPSA) is 96.0 Å². The zero-order chi connectivity index (χ0) is 24.5. The van der Waals surface area contributed by atoms with Crippen molar-refractivity contribution >= 4 is 38.2 Å². The molecule has 1 atom stereocenters. The molecule has 2 aliphatic heterocycles. The highest BCUT2D eigenvalue weighted by atomic mass is 32.2. The minimum atomic E-state index is -3.59. The van der Waals surface area contributed by atoms with Gasteiger partial charge < -0.3 is 10.1 Å². The summed E-state index contributed by atoms with van der Waals surface area (Å²) in [6.45, 7) is 7.68. The van der Waals surface area contributed by atoms with Crippen molar-refractivity contribution in [2.24, 2.45) is 5.92 Å². The second kappa shape index (κ2) is 10.2. The van der Waals surface area contributed by atoms with Crippen LogP contribution in [0.3, 0.4) is 0 Å². The van der Waals surface area contributed by atoms with E-state index >= 15 is 0 Å². The lowest BCUT2D eigenvalue weighted by Gasteiger charge is -2.30. The first-order valence-electron chi connectivity index (χ1n) is 11.6. The SMILES string of the molecule is CCN1CCc2c(sc(NC(=O)c3ccc(S(=O)(=O)N4CCC[C@H](C)C4)cc3)c2C(=O)OC)C1.